The first-order valence-electron chi connectivity index (χ1n) is 9.93. The summed E-state index contributed by atoms with van der Waals surface area (Å²) in [6, 6.07) is 10.7. The van der Waals surface area contributed by atoms with E-state index in [-0.39, 0.29) is 18.7 Å². The maximum atomic E-state index is 12.9. The highest BCUT2D eigenvalue weighted by molar-refractivity contribution is 6.40. The number of benzene rings is 2. The number of halogens is 2. The number of ether oxygens (including phenoxy) is 3. The van der Waals surface area contributed by atoms with Crippen molar-refractivity contribution < 1.29 is 19.0 Å². The number of rotatable bonds is 4. The molecule has 3 aliphatic rings. The Morgan fingerprint density at radius 3 is 2.68 bits per heavy atom. The Hall–Kier alpha value is -2.52. The predicted octanol–water partition coefficient (Wildman–Crippen LogP) is 3.39. The maximum absolute atomic E-state index is 12.9. The van der Waals surface area contributed by atoms with Gasteiger partial charge >= 0.3 is 0 Å². The summed E-state index contributed by atoms with van der Waals surface area (Å²) in [4.78, 5) is 12.9. The van der Waals surface area contributed by atoms with Gasteiger partial charge in [-0.1, -0.05) is 29.3 Å². The molecular formula is C21H20Cl2N4O4. The topological polar surface area (TPSA) is 75.6 Å². The molecule has 0 saturated carbocycles. The van der Waals surface area contributed by atoms with Crippen LogP contribution < -0.4 is 19.9 Å². The van der Waals surface area contributed by atoms with E-state index < -0.39 is 0 Å². The van der Waals surface area contributed by atoms with E-state index in [4.69, 9.17) is 37.4 Å². The summed E-state index contributed by atoms with van der Waals surface area (Å²) >= 11 is 12.6. The number of hydrogen-bond acceptors (Lipinski definition) is 7. The first-order valence-corrected chi connectivity index (χ1v) is 10.7. The molecule has 2 aromatic carbocycles. The summed E-state index contributed by atoms with van der Waals surface area (Å²) in [5.74, 6) is 1.13. The molecule has 0 aliphatic carbocycles. The lowest BCUT2D eigenvalue weighted by Gasteiger charge is -2.26. The van der Waals surface area contributed by atoms with Crippen LogP contribution in [0.25, 0.3) is 0 Å². The van der Waals surface area contributed by atoms with Gasteiger partial charge in [0.1, 0.15) is 5.71 Å². The van der Waals surface area contributed by atoms with Crippen LogP contribution in [-0.2, 0) is 9.53 Å². The molecule has 1 atom stereocenters. The molecule has 10 heteroatoms. The fourth-order valence-electron chi connectivity index (χ4n) is 3.80. The molecule has 1 saturated heterocycles. The molecule has 0 spiro atoms. The lowest BCUT2D eigenvalue weighted by Crippen LogP contribution is -2.50. The van der Waals surface area contributed by atoms with Gasteiger partial charge in [0.05, 0.1) is 30.0 Å². The number of morpholine rings is 1. The van der Waals surface area contributed by atoms with Crippen LogP contribution in [-0.4, -0.2) is 49.7 Å². The number of anilines is 1. The highest BCUT2D eigenvalue weighted by atomic mass is 35.5. The number of amides is 1. The molecule has 5 rings (SSSR count). The van der Waals surface area contributed by atoms with Gasteiger partial charge < -0.3 is 14.2 Å². The van der Waals surface area contributed by atoms with Crippen molar-refractivity contribution in [2.75, 3.05) is 38.1 Å². The molecule has 31 heavy (non-hydrogen) atoms. The van der Waals surface area contributed by atoms with Gasteiger partial charge in [-0.15, -0.1) is 0 Å². The molecular weight excluding hydrogens is 443 g/mol. The first-order chi connectivity index (χ1) is 15.1. The molecule has 3 heterocycles. The normalized spacial score (nSPS) is 20.6. The minimum absolute atomic E-state index is 0.194. The van der Waals surface area contributed by atoms with Crippen molar-refractivity contribution in [2.45, 2.75) is 12.5 Å². The predicted molar refractivity (Wildman–Crippen MR) is 117 cm³/mol. The Bertz CT molecular complexity index is 1040. The van der Waals surface area contributed by atoms with Crippen LogP contribution in [0.15, 0.2) is 41.5 Å². The summed E-state index contributed by atoms with van der Waals surface area (Å²) in [6.45, 7) is 2.63. The van der Waals surface area contributed by atoms with E-state index in [9.17, 15) is 4.79 Å². The van der Waals surface area contributed by atoms with Gasteiger partial charge in [0.15, 0.2) is 11.5 Å². The molecule has 0 radical (unpaired) electrons. The standard InChI is InChI=1S/C21H20Cl2N4O4/c22-14-2-3-17(15(23)10-14)27-18(13-1-4-19-20(9-13)31-12-30-19)11-16(24-27)21(28)25-26-5-7-29-8-6-26/h1-4,9-10,18H,5-8,11-12H2,(H,25,28). The minimum Gasteiger partial charge on any atom is -0.454 e. The molecule has 1 N–H and O–H groups in total. The van der Waals surface area contributed by atoms with E-state index in [2.05, 4.69) is 10.5 Å². The molecule has 0 aromatic heterocycles. The van der Waals surface area contributed by atoms with E-state index in [1.807, 2.05) is 23.2 Å². The Balaban J connectivity index is 1.45. The van der Waals surface area contributed by atoms with Crippen LogP contribution in [0.4, 0.5) is 5.69 Å². The fourth-order valence-corrected chi connectivity index (χ4v) is 4.29. The van der Waals surface area contributed by atoms with Crippen molar-refractivity contribution in [2.24, 2.45) is 5.10 Å². The van der Waals surface area contributed by atoms with E-state index in [1.165, 1.54) is 0 Å². The zero-order chi connectivity index (χ0) is 21.4. The number of hydrogen-bond donors (Lipinski definition) is 1. The van der Waals surface area contributed by atoms with Gasteiger partial charge in [-0.2, -0.15) is 5.10 Å². The SMILES string of the molecule is O=C(NN1CCOCC1)C1=NN(c2ccc(Cl)cc2Cl)C(c2ccc3c(c2)OCO3)C1. The Labute approximate surface area is 189 Å². The second kappa shape index (κ2) is 8.55. The molecule has 1 fully saturated rings. The van der Waals surface area contributed by atoms with Crippen LogP contribution in [0.3, 0.4) is 0 Å². The van der Waals surface area contributed by atoms with Crippen molar-refractivity contribution in [1.82, 2.24) is 10.4 Å². The van der Waals surface area contributed by atoms with Gasteiger partial charge in [-0.3, -0.25) is 15.2 Å². The van der Waals surface area contributed by atoms with Gasteiger partial charge in [0.25, 0.3) is 5.91 Å². The van der Waals surface area contributed by atoms with E-state index in [1.54, 1.807) is 23.2 Å². The van der Waals surface area contributed by atoms with Gasteiger partial charge in [0.2, 0.25) is 6.79 Å². The van der Waals surface area contributed by atoms with Crippen molar-refractivity contribution >= 4 is 40.5 Å². The zero-order valence-electron chi connectivity index (χ0n) is 16.5. The van der Waals surface area contributed by atoms with Gasteiger partial charge in [0, 0.05) is 24.5 Å². The summed E-state index contributed by atoms with van der Waals surface area (Å²) in [6.07, 6.45) is 0.411. The Morgan fingerprint density at radius 2 is 1.87 bits per heavy atom. The summed E-state index contributed by atoms with van der Waals surface area (Å²) in [7, 11) is 0. The average Bonchev–Trinajstić information content (AvgIpc) is 3.41. The third-order valence-corrected chi connectivity index (χ3v) is 5.92. The number of hydrazone groups is 1. The van der Waals surface area contributed by atoms with E-state index in [0.717, 1.165) is 5.56 Å². The Morgan fingerprint density at radius 1 is 1.06 bits per heavy atom. The summed E-state index contributed by atoms with van der Waals surface area (Å²) in [5.41, 5.74) is 4.95. The molecule has 3 aliphatic heterocycles. The number of hydrazine groups is 1. The number of fused-ring (bicyclic) bond motifs is 1. The third kappa shape index (κ3) is 4.16. The zero-order valence-corrected chi connectivity index (χ0v) is 18.0. The third-order valence-electron chi connectivity index (χ3n) is 5.38. The van der Waals surface area contributed by atoms with E-state index in [0.29, 0.717) is 65.7 Å². The summed E-state index contributed by atoms with van der Waals surface area (Å²) in [5, 5.41) is 9.25. The quantitative estimate of drug-likeness (QED) is 0.750. The van der Waals surface area contributed by atoms with Crippen LogP contribution in [0.5, 0.6) is 11.5 Å². The largest absolute Gasteiger partial charge is 0.454 e. The lowest BCUT2D eigenvalue weighted by molar-refractivity contribution is -0.121. The second-order valence-corrected chi connectivity index (χ2v) is 8.20. The lowest BCUT2D eigenvalue weighted by atomic mass is 10.0. The van der Waals surface area contributed by atoms with Crippen molar-refractivity contribution in [3.63, 3.8) is 0 Å². The van der Waals surface area contributed by atoms with Crippen molar-refractivity contribution in [3.8, 4) is 11.5 Å². The molecule has 1 unspecified atom stereocenters. The molecule has 162 valence electrons. The molecule has 1 amide bonds. The van der Waals surface area contributed by atoms with Crippen LogP contribution in [0.1, 0.15) is 18.0 Å². The minimum atomic E-state index is -0.237. The fraction of sp³-hybridized carbons (Fsp3) is 0.333. The monoisotopic (exact) mass is 462 g/mol. The molecule has 8 nitrogen and oxygen atoms in total. The van der Waals surface area contributed by atoms with Gasteiger partial charge in [-0.25, -0.2) is 5.01 Å². The second-order valence-electron chi connectivity index (χ2n) is 7.36. The maximum Gasteiger partial charge on any atom is 0.281 e. The number of nitrogens with zero attached hydrogens (tertiary/aromatic N) is 3. The van der Waals surface area contributed by atoms with Crippen molar-refractivity contribution in [1.29, 1.82) is 0 Å². The van der Waals surface area contributed by atoms with Crippen LogP contribution in [0.2, 0.25) is 10.0 Å². The average molecular weight is 463 g/mol. The Kier molecular flexibility index (Phi) is 5.62. The number of carbonyl (C=O) groups excluding carboxylic acids is 1. The highest BCUT2D eigenvalue weighted by Gasteiger charge is 2.35. The first kappa shape index (κ1) is 20.4. The smallest absolute Gasteiger partial charge is 0.281 e. The van der Waals surface area contributed by atoms with E-state index >= 15 is 0 Å². The number of carbonyl (C=O) groups is 1. The van der Waals surface area contributed by atoms with Crippen molar-refractivity contribution in [3.05, 3.63) is 52.0 Å². The molecule has 2 aromatic rings. The van der Waals surface area contributed by atoms with Crippen LogP contribution >= 0.6 is 23.2 Å². The van der Waals surface area contributed by atoms with Crippen LogP contribution in [0, 0.1) is 0 Å². The summed E-state index contributed by atoms with van der Waals surface area (Å²) < 4.78 is 16.3. The number of nitrogens with one attached hydrogen (secondary N) is 1. The molecule has 0 bridgehead atoms. The highest BCUT2D eigenvalue weighted by Crippen LogP contribution is 2.42. The van der Waals surface area contributed by atoms with Gasteiger partial charge in [-0.05, 0) is 35.9 Å².